The minimum atomic E-state index is -0.933. The smallest absolute Gasteiger partial charge is 0.328 e. The topological polar surface area (TPSA) is 43.8 Å². The van der Waals surface area contributed by atoms with Gasteiger partial charge >= 0.3 is 5.97 Å². The highest BCUT2D eigenvalue weighted by Gasteiger charge is 2.22. The minimum absolute atomic E-state index is 0.463. The fraction of sp³-hybridized carbons (Fsp3) is 0.400. The summed E-state index contributed by atoms with van der Waals surface area (Å²) in [6.45, 7) is 5.32. The normalized spacial score (nSPS) is 20.6. The molecular weight excluding hydrogens is 320 g/mol. The number of rotatable bonds is 3. The van der Waals surface area contributed by atoms with E-state index in [4.69, 9.17) is 5.11 Å². The lowest BCUT2D eigenvalue weighted by Gasteiger charge is -2.40. The molecule has 0 saturated carbocycles. The maximum absolute atomic E-state index is 10.5. The van der Waals surface area contributed by atoms with E-state index in [1.165, 1.54) is 0 Å². The van der Waals surface area contributed by atoms with Crippen molar-refractivity contribution < 1.29 is 9.90 Å². The summed E-state index contributed by atoms with van der Waals surface area (Å²) in [6.07, 6.45) is 2.75. The second-order valence-electron chi connectivity index (χ2n) is 5.19. The van der Waals surface area contributed by atoms with E-state index in [9.17, 15) is 4.79 Å². The summed E-state index contributed by atoms with van der Waals surface area (Å²) in [4.78, 5) is 15.3. The maximum Gasteiger partial charge on any atom is 0.328 e. The molecule has 1 unspecified atom stereocenters. The molecule has 1 N–H and O–H groups in total. The van der Waals surface area contributed by atoms with E-state index in [1.54, 1.807) is 6.08 Å². The number of hydrogen-bond donors (Lipinski definition) is 1. The van der Waals surface area contributed by atoms with Crippen molar-refractivity contribution in [2.75, 3.05) is 31.6 Å². The van der Waals surface area contributed by atoms with Crippen molar-refractivity contribution in [3.05, 3.63) is 34.3 Å². The Morgan fingerprint density at radius 1 is 1.45 bits per heavy atom. The molecule has 1 aromatic rings. The van der Waals surface area contributed by atoms with Crippen LogP contribution in [-0.4, -0.2) is 48.7 Å². The third-order valence-electron chi connectivity index (χ3n) is 3.53. The molecule has 2 rings (SSSR count). The van der Waals surface area contributed by atoms with Crippen LogP contribution in [0.3, 0.4) is 0 Å². The predicted octanol–water partition coefficient (Wildman–Crippen LogP) is 2.69. The number of aliphatic carboxylic acids is 1. The average Bonchev–Trinajstić information content (AvgIpc) is 2.37. The van der Waals surface area contributed by atoms with Crippen LogP contribution in [0.25, 0.3) is 6.08 Å². The summed E-state index contributed by atoms with van der Waals surface area (Å²) < 4.78 is 1.00. The molecule has 1 aliphatic heterocycles. The van der Waals surface area contributed by atoms with Gasteiger partial charge in [0.1, 0.15) is 0 Å². The zero-order chi connectivity index (χ0) is 14.7. The molecule has 0 bridgehead atoms. The molecule has 0 amide bonds. The Labute approximate surface area is 127 Å². The van der Waals surface area contributed by atoms with Gasteiger partial charge in [-0.1, -0.05) is 6.07 Å². The van der Waals surface area contributed by atoms with Crippen molar-refractivity contribution in [1.29, 1.82) is 0 Å². The number of piperazine rings is 1. The van der Waals surface area contributed by atoms with Crippen LogP contribution in [-0.2, 0) is 4.79 Å². The van der Waals surface area contributed by atoms with Gasteiger partial charge in [0.15, 0.2) is 0 Å². The summed E-state index contributed by atoms with van der Waals surface area (Å²) in [5.41, 5.74) is 2.04. The van der Waals surface area contributed by atoms with Crippen LogP contribution in [0.5, 0.6) is 0 Å². The second-order valence-corrected chi connectivity index (χ2v) is 6.04. The number of hydrogen-bond acceptors (Lipinski definition) is 3. The van der Waals surface area contributed by atoms with Gasteiger partial charge in [0.2, 0.25) is 0 Å². The van der Waals surface area contributed by atoms with Crippen molar-refractivity contribution in [3.8, 4) is 0 Å². The molecule has 1 saturated heterocycles. The first-order chi connectivity index (χ1) is 9.47. The van der Waals surface area contributed by atoms with Crippen molar-refractivity contribution in [2.24, 2.45) is 0 Å². The first kappa shape index (κ1) is 15.1. The molecule has 1 aliphatic rings. The Bertz CT molecular complexity index is 531. The lowest BCUT2D eigenvalue weighted by atomic mass is 10.1. The molecule has 108 valence electrons. The Morgan fingerprint density at radius 2 is 2.20 bits per heavy atom. The number of anilines is 1. The first-order valence-corrected chi connectivity index (χ1v) is 7.42. The van der Waals surface area contributed by atoms with Gasteiger partial charge in [-0.3, -0.25) is 0 Å². The summed E-state index contributed by atoms with van der Waals surface area (Å²) in [6, 6.07) is 6.42. The quantitative estimate of drug-likeness (QED) is 0.860. The van der Waals surface area contributed by atoms with Crippen molar-refractivity contribution in [2.45, 2.75) is 13.0 Å². The highest BCUT2D eigenvalue weighted by Crippen LogP contribution is 2.30. The third-order valence-corrected chi connectivity index (χ3v) is 4.17. The average molecular weight is 339 g/mol. The molecule has 1 heterocycles. The molecule has 1 fully saturated rings. The predicted molar refractivity (Wildman–Crippen MR) is 85.1 cm³/mol. The van der Waals surface area contributed by atoms with Gasteiger partial charge in [-0.05, 0) is 53.7 Å². The van der Waals surface area contributed by atoms with Crippen LogP contribution in [0.4, 0.5) is 5.69 Å². The highest BCUT2D eigenvalue weighted by atomic mass is 79.9. The molecule has 5 heteroatoms. The monoisotopic (exact) mass is 338 g/mol. The molecular formula is C15H19BrN2O2. The molecule has 0 spiro atoms. The van der Waals surface area contributed by atoms with Crippen molar-refractivity contribution in [3.63, 3.8) is 0 Å². The van der Waals surface area contributed by atoms with Gasteiger partial charge in [0, 0.05) is 36.2 Å². The van der Waals surface area contributed by atoms with Crippen LogP contribution in [0, 0.1) is 0 Å². The zero-order valence-electron chi connectivity index (χ0n) is 11.7. The lowest BCUT2D eigenvalue weighted by molar-refractivity contribution is -0.131. The van der Waals surface area contributed by atoms with E-state index in [0.717, 1.165) is 41.4 Å². The molecule has 1 atom stereocenters. The summed E-state index contributed by atoms with van der Waals surface area (Å²) in [5, 5.41) is 8.65. The minimum Gasteiger partial charge on any atom is -0.478 e. The molecule has 1 aromatic carbocycles. The first-order valence-electron chi connectivity index (χ1n) is 6.63. The summed E-state index contributed by atoms with van der Waals surface area (Å²) >= 11 is 3.60. The van der Waals surface area contributed by atoms with Crippen LogP contribution in [0.1, 0.15) is 12.5 Å². The number of carbonyl (C=O) groups is 1. The number of nitrogens with zero attached hydrogens (tertiary/aromatic N) is 2. The van der Waals surface area contributed by atoms with Gasteiger partial charge < -0.3 is 14.9 Å². The van der Waals surface area contributed by atoms with E-state index in [0.29, 0.717) is 6.04 Å². The molecule has 0 radical (unpaired) electrons. The lowest BCUT2D eigenvalue weighted by Crippen LogP contribution is -2.50. The Kier molecular flexibility index (Phi) is 4.83. The summed E-state index contributed by atoms with van der Waals surface area (Å²) in [7, 11) is 2.14. The van der Waals surface area contributed by atoms with Crippen LogP contribution < -0.4 is 4.90 Å². The zero-order valence-corrected chi connectivity index (χ0v) is 13.3. The van der Waals surface area contributed by atoms with Gasteiger partial charge in [0.25, 0.3) is 0 Å². The summed E-state index contributed by atoms with van der Waals surface area (Å²) in [5.74, 6) is -0.933. The fourth-order valence-electron chi connectivity index (χ4n) is 2.52. The van der Waals surface area contributed by atoms with E-state index in [1.807, 2.05) is 18.2 Å². The third kappa shape index (κ3) is 3.61. The van der Waals surface area contributed by atoms with Gasteiger partial charge in [0.05, 0.1) is 5.69 Å². The Balaban J connectivity index is 2.19. The van der Waals surface area contributed by atoms with Gasteiger partial charge in [-0.2, -0.15) is 0 Å². The second kappa shape index (κ2) is 6.41. The van der Waals surface area contributed by atoms with Gasteiger partial charge in [-0.15, -0.1) is 0 Å². The molecule has 0 aromatic heterocycles. The van der Waals surface area contributed by atoms with Gasteiger partial charge in [-0.25, -0.2) is 4.79 Å². The van der Waals surface area contributed by atoms with Crippen LogP contribution in [0.2, 0.25) is 0 Å². The van der Waals surface area contributed by atoms with E-state index >= 15 is 0 Å². The highest BCUT2D eigenvalue weighted by molar-refractivity contribution is 9.10. The maximum atomic E-state index is 10.5. The van der Waals surface area contributed by atoms with Crippen LogP contribution >= 0.6 is 15.9 Å². The number of carboxylic acids is 1. The Hall–Kier alpha value is -1.33. The number of carboxylic acid groups (broad SMARTS) is 1. The van der Waals surface area contributed by atoms with Crippen LogP contribution in [0.15, 0.2) is 28.7 Å². The number of halogens is 1. The van der Waals surface area contributed by atoms with Crippen molar-refractivity contribution in [1.82, 2.24) is 4.90 Å². The SMILES string of the molecule is CC1CN(C)CCN1c1ccc(/C=C/C(=O)O)cc1Br. The van der Waals surface area contributed by atoms with Crippen molar-refractivity contribution >= 4 is 33.7 Å². The molecule has 4 nitrogen and oxygen atoms in total. The fourth-order valence-corrected chi connectivity index (χ4v) is 3.15. The Morgan fingerprint density at radius 3 is 2.80 bits per heavy atom. The largest absolute Gasteiger partial charge is 0.478 e. The number of likely N-dealkylation sites (N-methyl/N-ethyl adjacent to an activating group) is 1. The molecule has 0 aliphatic carbocycles. The standard InChI is InChI=1S/C15H19BrN2O2/c1-11-10-17(2)7-8-18(11)14-5-3-12(9-13(14)16)4-6-15(19)20/h3-6,9,11H,7-8,10H2,1-2H3,(H,19,20)/b6-4+. The number of benzene rings is 1. The van der Waals surface area contributed by atoms with E-state index < -0.39 is 5.97 Å². The van der Waals surface area contributed by atoms with E-state index in [-0.39, 0.29) is 0 Å². The van der Waals surface area contributed by atoms with E-state index in [2.05, 4.69) is 39.7 Å². The molecule has 20 heavy (non-hydrogen) atoms.